The van der Waals surface area contributed by atoms with Crippen LogP contribution in [-0.4, -0.2) is 48.1 Å². The summed E-state index contributed by atoms with van der Waals surface area (Å²) in [5.74, 6) is -1.06. The predicted molar refractivity (Wildman–Crippen MR) is 113 cm³/mol. The second-order valence-corrected chi connectivity index (χ2v) is 7.34. The largest absolute Gasteiger partial charge is 0.487 e. The predicted octanol–water partition coefficient (Wildman–Crippen LogP) is 3.07. The molecule has 1 aromatic carbocycles. The topological polar surface area (TPSA) is 77.8 Å². The summed E-state index contributed by atoms with van der Waals surface area (Å²) in [6.07, 6.45) is 3.72. The maximum absolute atomic E-state index is 13.2. The molecule has 7 heteroatoms. The molecule has 3 rings (SSSR count). The number of esters is 1. The smallest absolute Gasteiger partial charge is 0.343 e. The fourth-order valence-corrected chi connectivity index (χ4v) is 3.71. The van der Waals surface area contributed by atoms with Gasteiger partial charge in [-0.1, -0.05) is 43.7 Å². The number of aromatic nitrogens is 1. The maximum atomic E-state index is 13.2. The van der Waals surface area contributed by atoms with Gasteiger partial charge in [0.25, 0.3) is 5.91 Å². The van der Waals surface area contributed by atoms with Gasteiger partial charge in [0.2, 0.25) is 5.43 Å². The second-order valence-electron chi connectivity index (χ2n) is 7.34. The van der Waals surface area contributed by atoms with E-state index >= 15 is 0 Å². The van der Waals surface area contributed by atoms with Gasteiger partial charge >= 0.3 is 5.97 Å². The molecule has 0 fully saturated rings. The number of amides is 1. The first-order chi connectivity index (χ1) is 14.5. The van der Waals surface area contributed by atoms with Crippen LogP contribution in [0.4, 0.5) is 0 Å². The molecule has 2 aromatic rings. The first kappa shape index (κ1) is 21.6. The average Bonchev–Trinajstić information content (AvgIpc) is 2.76. The Morgan fingerprint density at radius 2 is 1.90 bits per heavy atom. The number of carbonyl (C=O) groups is 2. The van der Waals surface area contributed by atoms with Crippen LogP contribution in [0.1, 0.15) is 59.1 Å². The number of hydrogen-bond donors (Lipinski definition) is 0. The number of nitrogens with zero attached hydrogens (tertiary/aromatic N) is 2. The van der Waals surface area contributed by atoms with Gasteiger partial charge in [-0.25, -0.2) is 4.79 Å². The fraction of sp³-hybridized carbons (Fsp3) is 0.435. The van der Waals surface area contributed by atoms with Crippen molar-refractivity contribution in [2.24, 2.45) is 0 Å². The van der Waals surface area contributed by atoms with Gasteiger partial charge in [-0.2, -0.15) is 0 Å². The number of rotatable bonds is 8. The van der Waals surface area contributed by atoms with E-state index in [1.165, 1.54) is 13.3 Å². The van der Waals surface area contributed by atoms with Crippen molar-refractivity contribution in [3.05, 3.63) is 63.6 Å². The zero-order chi connectivity index (χ0) is 21.7. The van der Waals surface area contributed by atoms with Crippen molar-refractivity contribution >= 4 is 11.9 Å². The van der Waals surface area contributed by atoms with E-state index in [0.717, 1.165) is 18.4 Å². The monoisotopic (exact) mass is 412 g/mol. The summed E-state index contributed by atoms with van der Waals surface area (Å²) in [4.78, 5) is 40.2. The number of carbonyl (C=O) groups excluding carboxylic acids is 2. The van der Waals surface area contributed by atoms with E-state index in [4.69, 9.17) is 9.47 Å². The van der Waals surface area contributed by atoms with Gasteiger partial charge in [0.05, 0.1) is 19.8 Å². The highest BCUT2D eigenvalue weighted by Crippen LogP contribution is 2.29. The van der Waals surface area contributed by atoms with Crippen molar-refractivity contribution in [2.45, 2.75) is 39.2 Å². The van der Waals surface area contributed by atoms with Gasteiger partial charge in [0.15, 0.2) is 11.4 Å². The lowest BCUT2D eigenvalue weighted by Gasteiger charge is -2.36. The summed E-state index contributed by atoms with van der Waals surface area (Å²) in [7, 11) is 1.23. The number of benzene rings is 1. The van der Waals surface area contributed by atoms with Crippen molar-refractivity contribution in [2.75, 3.05) is 26.8 Å². The molecule has 0 radical (unpaired) electrons. The van der Waals surface area contributed by atoms with Crippen LogP contribution in [0.2, 0.25) is 0 Å². The van der Waals surface area contributed by atoms with Crippen molar-refractivity contribution in [3.8, 4) is 5.75 Å². The Kier molecular flexibility index (Phi) is 6.92. The summed E-state index contributed by atoms with van der Waals surface area (Å²) >= 11 is 0. The molecule has 1 aliphatic heterocycles. The molecule has 1 amide bonds. The first-order valence-electron chi connectivity index (χ1n) is 10.3. The van der Waals surface area contributed by atoms with Crippen LogP contribution in [0.15, 0.2) is 41.3 Å². The number of methoxy groups -OCH3 is 1. The van der Waals surface area contributed by atoms with E-state index in [2.05, 4.69) is 0 Å². The normalized spacial score (nSPS) is 15.6. The summed E-state index contributed by atoms with van der Waals surface area (Å²) < 4.78 is 12.3. The molecule has 0 aliphatic carbocycles. The van der Waals surface area contributed by atoms with Gasteiger partial charge in [-0.15, -0.1) is 0 Å². The van der Waals surface area contributed by atoms with E-state index < -0.39 is 11.4 Å². The van der Waals surface area contributed by atoms with Crippen molar-refractivity contribution in [1.82, 2.24) is 9.47 Å². The quantitative estimate of drug-likeness (QED) is 0.492. The first-order valence-corrected chi connectivity index (χ1v) is 10.3. The van der Waals surface area contributed by atoms with Gasteiger partial charge in [0, 0.05) is 19.3 Å². The van der Waals surface area contributed by atoms with Crippen LogP contribution in [0.25, 0.3) is 0 Å². The highest BCUT2D eigenvalue weighted by molar-refractivity contribution is 5.98. The molecular formula is C23H28N2O5. The van der Waals surface area contributed by atoms with E-state index in [-0.39, 0.29) is 29.0 Å². The summed E-state index contributed by atoms with van der Waals surface area (Å²) in [6.45, 7) is 5.22. The third kappa shape index (κ3) is 4.25. The third-order valence-electron chi connectivity index (χ3n) is 5.35. The van der Waals surface area contributed by atoms with Crippen LogP contribution in [0, 0.1) is 0 Å². The molecule has 2 heterocycles. The number of ether oxygens (including phenoxy) is 2. The van der Waals surface area contributed by atoms with Gasteiger partial charge in [0.1, 0.15) is 5.56 Å². The number of likely N-dealkylation sites (N-methyl/N-ethyl adjacent to an activating group) is 1. The van der Waals surface area contributed by atoms with E-state index in [1.54, 1.807) is 9.47 Å². The Bertz CT molecular complexity index is 968. The van der Waals surface area contributed by atoms with E-state index in [0.29, 0.717) is 26.1 Å². The minimum absolute atomic E-state index is 0.0624. The van der Waals surface area contributed by atoms with Crippen LogP contribution >= 0.6 is 0 Å². The van der Waals surface area contributed by atoms with Crippen LogP contribution in [0.3, 0.4) is 0 Å². The van der Waals surface area contributed by atoms with Crippen molar-refractivity contribution in [1.29, 1.82) is 0 Å². The molecule has 1 aromatic heterocycles. The van der Waals surface area contributed by atoms with Crippen LogP contribution in [-0.2, 0) is 11.2 Å². The zero-order valence-corrected chi connectivity index (χ0v) is 17.7. The molecule has 30 heavy (non-hydrogen) atoms. The number of hydrogen-bond acceptors (Lipinski definition) is 5. The average molecular weight is 412 g/mol. The minimum Gasteiger partial charge on any atom is -0.487 e. The van der Waals surface area contributed by atoms with Gasteiger partial charge < -0.3 is 18.9 Å². The fourth-order valence-electron chi connectivity index (χ4n) is 3.71. The van der Waals surface area contributed by atoms with Gasteiger partial charge in [-0.3, -0.25) is 9.59 Å². The number of pyridine rings is 1. The summed E-state index contributed by atoms with van der Waals surface area (Å²) in [6, 6.07) is 9.78. The minimum atomic E-state index is -0.737. The highest BCUT2D eigenvalue weighted by Gasteiger charge is 2.36. The summed E-state index contributed by atoms with van der Waals surface area (Å²) in [5.41, 5.74) is 0.584. The molecular weight excluding hydrogens is 384 g/mol. The molecule has 160 valence electrons. The Balaban J connectivity index is 2.17. The van der Waals surface area contributed by atoms with E-state index in [9.17, 15) is 14.4 Å². The lowest BCUT2D eigenvalue weighted by molar-refractivity contribution is 0.0588. The standard InChI is InChI=1S/C23H28N2O5/c1-4-6-12-30-21-19-22(27)24(5-2)14-17(13-16-10-8-7-9-11-16)25(19)15-18(20(21)26)23(28)29-3/h7-11,15,17H,4-6,12-14H2,1-3H3. The van der Waals surface area contributed by atoms with Gasteiger partial charge in [-0.05, 0) is 25.3 Å². The maximum Gasteiger partial charge on any atom is 0.343 e. The second kappa shape index (κ2) is 9.61. The third-order valence-corrected chi connectivity index (χ3v) is 5.35. The van der Waals surface area contributed by atoms with E-state index in [1.807, 2.05) is 44.2 Å². The Labute approximate surface area is 176 Å². The molecule has 1 aliphatic rings. The molecule has 0 saturated heterocycles. The van der Waals surface area contributed by atoms with Crippen molar-refractivity contribution in [3.63, 3.8) is 0 Å². The molecule has 1 atom stereocenters. The van der Waals surface area contributed by atoms with Crippen LogP contribution in [0.5, 0.6) is 5.75 Å². The molecule has 0 N–H and O–H groups in total. The number of fused-ring (bicyclic) bond motifs is 1. The Morgan fingerprint density at radius 1 is 1.17 bits per heavy atom. The highest BCUT2D eigenvalue weighted by atomic mass is 16.5. The lowest BCUT2D eigenvalue weighted by atomic mass is 10.0. The molecule has 7 nitrogen and oxygen atoms in total. The Hall–Kier alpha value is -3.09. The molecule has 0 spiro atoms. The van der Waals surface area contributed by atoms with Crippen LogP contribution < -0.4 is 10.2 Å². The molecule has 1 unspecified atom stereocenters. The Morgan fingerprint density at radius 3 is 2.53 bits per heavy atom. The summed E-state index contributed by atoms with van der Waals surface area (Å²) in [5, 5.41) is 0. The SMILES string of the molecule is CCCCOc1c2n(cc(C(=O)OC)c1=O)C(Cc1ccccc1)CN(CC)C2=O. The zero-order valence-electron chi connectivity index (χ0n) is 17.7. The lowest BCUT2D eigenvalue weighted by Crippen LogP contribution is -2.45. The van der Waals surface area contributed by atoms with Crippen molar-refractivity contribution < 1.29 is 19.1 Å². The molecule has 0 bridgehead atoms. The molecule has 0 saturated carbocycles. The number of unbranched alkanes of at least 4 members (excludes halogenated alkanes) is 1.